The summed E-state index contributed by atoms with van der Waals surface area (Å²) >= 11 is 0. The lowest BCUT2D eigenvalue weighted by Crippen LogP contribution is -2.42. The van der Waals surface area contributed by atoms with Crippen LogP contribution >= 0.6 is 0 Å². The summed E-state index contributed by atoms with van der Waals surface area (Å²) in [4.78, 5) is 23.8. The number of hydrogen-bond acceptors (Lipinski definition) is 4. The van der Waals surface area contributed by atoms with Crippen molar-refractivity contribution in [1.29, 1.82) is 0 Å². The zero-order chi connectivity index (χ0) is 16.7. The monoisotopic (exact) mass is 316 g/mol. The second-order valence-corrected chi connectivity index (χ2v) is 5.06. The van der Waals surface area contributed by atoms with Gasteiger partial charge in [-0.2, -0.15) is 0 Å². The first-order valence-corrected chi connectivity index (χ1v) is 7.31. The van der Waals surface area contributed by atoms with Crippen molar-refractivity contribution in [1.82, 2.24) is 10.6 Å². The summed E-state index contributed by atoms with van der Waals surface area (Å²) in [5.41, 5.74) is 0.930. The van der Waals surface area contributed by atoms with E-state index in [-0.39, 0.29) is 12.6 Å². The van der Waals surface area contributed by atoms with Crippen LogP contribution in [0.25, 0.3) is 0 Å². The molecular weight excluding hydrogens is 296 g/mol. The third-order valence-corrected chi connectivity index (χ3v) is 3.45. The van der Waals surface area contributed by atoms with Crippen LogP contribution in [0.5, 0.6) is 0 Å². The molecule has 23 heavy (non-hydrogen) atoms. The molecule has 0 aliphatic rings. The SMILES string of the molecule is CO[C@@H](CNC(=O)C(=O)N[C@@H](C)c1ccccc1)c1ccco1. The van der Waals surface area contributed by atoms with E-state index in [4.69, 9.17) is 9.15 Å². The first-order valence-electron chi connectivity index (χ1n) is 7.31. The second kappa shape index (κ2) is 8.14. The highest BCUT2D eigenvalue weighted by molar-refractivity contribution is 6.35. The fourth-order valence-electron chi connectivity index (χ4n) is 2.13. The van der Waals surface area contributed by atoms with Gasteiger partial charge >= 0.3 is 11.8 Å². The maximum absolute atomic E-state index is 11.9. The zero-order valence-electron chi connectivity index (χ0n) is 13.1. The number of ether oxygens (including phenoxy) is 1. The fourth-order valence-corrected chi connectivity index (χ4v) is 2.13. The first kappa shape index (κ1) is 16.8. The molecule has 0 fully saturated rings. The lowest BCUT2D eigenvalue weighted by atomic mass is 10.1. The van der Waals surface area contributed by atoms with Crippen LogP contribution in [0.2, 0.25) is 0 Å². The Morgan fingerprint density at radius 1 is 1.13 bits per heavy atom. The van der Waals surface area contributed by atoms with Crippen molar-refractivity contribution in [3.05, 3.63) is 60.1 Å². The number of benzene rings is 1. The molecule has 2 aromatic rings. The Morgan fingerprint density at radius 2 is 1.87 bits per heavy atom. The van der Waals surface area contributed by atoms with Crippen LogP contribution in [-0.2, 0) is 14.3 Å². The van der Waals surface area contributed by atoms with E-state index in [9.17, 15) is 9.59 Å². The summed E-state index contributed by atoms with van der Waals surface area (Å²) < 4.78 is 10.5. The summed E-state index contributed by atoms with van der Waals surface area (Å²) in [7, 11) is 1.51. The molecule has 0 aliphatic carbocycles. The van der Waals surface area contributed by atoms with E-state index < -0.39 is 17.9 Å². The van der Waals surface area contributed by atoms with Crippen molar-refractivity contribution in [3.8, 4) is 0 Å². The average Bonchev–Trinajstić information content (AvgIpc) is 3.10. The van der Waals surface area contributed by atoms with E-state index in [1.54, 1.807) is 12.1 Å². The minimum absolute atomic E-state index is 0.149. The van der Waals surface area contributed by atoms with Gasteiger partial charge in [0.2, 0.25) is 0 Å². The Bertz CT molecular complexity index is 625. The summed E-state index contributed by atoms with van der Waals surface area (Å²) in [5.74, 6) is -0.803. The number of methoxy groups -OCH3 is 1. The first-order chi connectivity index (χ1) is 11.1. The van der Waals surface area contributed by atoms with Gasteiger partial charge in [-0.1, -0.05) is 30.3 Å². The molecule has 6 nitrogen and oxygen atoms in total. The van der Waals surface area contributed by atoms with E-state index in [1.165, 1.54) is 13.4 Å². The van der Waals surface area contributed by atoms with Gasteiger partial charge < -0.3 is 19.8 Å². The molecule has 6 heteroatoms. The number of carbonyl (C=O) groups excluding carboxylic acids is 2. The summed E-state index contributed by atoms with van der Waals surface area (Å²) in [6.45, 7) is 1.97. The molecule has 2 rings (SSSR count). The smallest absolute Gasteiger partial charge is 0.309 e. The highest BCUT2D eigenvalue weighted by atomic mass is 16.5. The van der Waals surface area contributed by atoms with Crippen molar-refractivity contribution in [2.75, 3.05) is 13.7 Å². The third-order valence-electron chi connectivity index (χ3n) is 3.45. The Hall–Kier alpha value is -2.60. The van der Waals surface area contributed by atoms with E-state index in [2.05, 4.69) is 10.6 Å². The molecule has 1 heterocycles. The Balaban J connectivity index is 1.84. The van der Waals surface area contributed by atoms with E-state index in [0.29, 0.717) is 5.76 Å². The molecule has 2 amide bonds. The highest BCUT2D eigenvalue weighted by Crippen LogP contribution is 2.15. The molecule has 2 atom stereocenters. The number of amides is 2. The quantitative estimate of drug-likeness (QED) is 0.798. The molecule has 0 saturated heterocycles. The van der Waals surface area contributed by atoms with Gasteiger partial charge in [0.1, 0.15) is 11.9 Å². The zero-order valence-corrected chi connectivity index (χ0v) is 13.1. The van der Waals surface area contributed by atoms with Crippen LogP contribution in [0.15, 0.2) is 53.1 Å². The predicted molar refractivity (Wildman–Crippen MR) is 84.5 cm³/mol. The maximum atomic E-state index is 11.9. The normalized spacial score (nSPS) is 13.1. The maximum Gasteiger partial charge on any atom is 0.309 e. The van der Waals surface area contributed by atoms with Gasteiger partial charge in [0.15, 0.2) is 0 Å². The third kappa shape index (κ3) is 4.69. The minimum atomic E-state index is -0.707. The number of carbonyl (C=O) groups is 2. The minimum Gasteiger partial charge on any atom is -0.467 e. The number of furan rings is 1. The van der Waals surface area contributed by atoms with Gasteiger partial charge in [0.25, 0.3) is 0 Å². The van der Waals surface area contributed by atoms with Crippen LogP contribution in [-0.4, -0.2) is 25.5 Å². The average molecular weight is 316 g/mol. The summed E-state index contributed by atoms with van der Waals surface area (Å²) in [5, 5.41) is 5.20. The lowest BCUT2D eigenvalue weighted by molar-refractivity contribution is -0.139. The van der Waals surface area contributed by atoms with Crippen molar-refractivity contribution in [3.63, 3.8) is 0 Å². The van der Waals surface area contributed by atoms with Crippen LogP contribution < -0.4 is 10.6 Å². The van der Waals surface area contributed by atoms with Gasteiger partial charge in [0.05, 0.1) is 18.8 Å². The van der Waals surface area contributed by atoms with Crippen LogP contribution in [0.1, 0.15) is 30.4 Å². The number of hydrogen-bond donors (Lipinski definition) is 2. The van der Waals surface area contributed by atoms with Gasteiger partial charge in [-0.05, 0) is 24.6 Å². The summed E-state index contributed by atoms with van der Waals surface area (Å²) in [6, 6.07) is 12.7. The van der Waals surface area contributed by atoms with Crippen molar-refractivity contribution in [2.45, 2.75) is 19.1 Å². The molecule has 0 bridgehead atoms. The molecule has 122 valence electrons. The van der Waals surface area contributed by atoms with Crippen LogP contribution in [0, 0.1) is 0 Å². The molecule has 1 aromatic carbocycles. The Kier molecular flexibility index (Phi) is 5.94. The van der Waals surface area contributed by atoms with Crippen molar-refractivity contribution < 1.29 is 18.7 Å². The van der Waals surface area contributed by atoms with E-state index >= 15 is 0 Å². The fraction of sp³-hybridized carbons (Fsp3) is 0.294. The molecular formula is C17H20N2O4. The Labute approximate surface area is 134 Å². The Morgan fingerprint density at radius 3 is 2.48 bits per heavy atom. The molecule has 0 aliphatic heterocycles. The topological polar surface area (TPSA) is 80.6 Å². The standard InChI is InChI=1S/C17H20N2O4/c1-12(13-7-4-3-5-8-13)19-17(21)16(20)18-11-15(22-2)14-9-6-10-23-14/h3-10,12,15H,11H2,1-2H3,(H,18,20)(H,19,21)/t12-,15-/m0/s1. The second-order valence-electron chi connectivity index (χ2n) is 5.06. The van der Waals surface area contributed by atoms with Gasteiger partial charge in [-0.15, -0.1) is 0 Å². The van der Waals surface area contributed by atoms with E-state index in [1.807, 2.05) is 37.3 Å². The van der Waals surface area contributed by atoms with Gasteiger partial charge in [-0.3, -0.25) is 9.59 Å². The molecule has 0 unspecified atom stereocenters. The van der Waals surface area contributed by atoms with Gasteiger partial charge in [-0.25, -0.2) is 0 Å². The molecule has 0 spiro atoms. The van der Waals surface area contributed by atoms with Gasteiger partial charge in [0, 0.05) is 7.11 Å². The van der Waals surface area contributed by atoms with E-state index in [0.717, 1.165) is 5.56 Å². The van der Waals surface area contributed by atoms with Crippen LogP contribution in [0.4, 0.5) is 0 Å². The molecule has 2 N–H and O–H groups in total. The van der Waals surface area contributed by atoms with Crippen molar-refractivity contribution >= 4 is 11.8 Å². The molecule has 1 aromatic heterocycles. The number of nitrogens with one attached hydrogen (secondary N) is 2. The molecule has 0 radical (unpaired) electrons. The summed E-state index contributed by atoms with van der Waals surface area (Å²) in [6.07, 6.45) is 1.09. The molecule has 0 saturated carbocycles. The lowest BCUT2D eigenvalue weighted by Gasteiger charge is -2.16. The number of rotatable bonds is 6. The highest BCUT2D eigenvalue weighted by Gasteiger charge is 2.20. The van der Waals surface area contributed by atoms with Crippen molar-refractivity contribution in [2.24, 2.45) is 0 Å². The largest absolute Gasteiger partial charge is 0.467 e. The van der Waals surface area contributed by atoms with Crippen LogP contribution in [0.3, 0.4) is 0 Å². The predicted octanol–water partition coefficient (Wildman–Crippen LogP) is 1.96.